The van der Waals surface area contributed by atoms with Crippen molar-refractivity contribution in [3.05, 3.63) is 12.2 Å². The lowest BCUT2D eigenvalue weighted by Crippen LogP contribution is -2.32. The van der Waals surface area contributed by atoms with Crippen LogP contribution in [0.2, 0.25) is 0 Å². The molecule has 1 aliphatic heterocycles. The number of ether oxygens (including phenoxy) is 2. The molecule has 0 atom stereocenters. The first kappa shape index (κ1) is 8.89. The minimum absolute atomic E-state index is 0.0570. The van der Waals surface area contributed by atoms with Crippen LogP contribution in [-0.2, 0) is 19.1 Å². The third-order valence-electron chi connectivity index (χ3n) is 1.32. The van der Waals surface area contributed by atoms with E-state index in [0.29, 0.717) is 0 Å². The number of rotatable bonds is 4. The molecule has 0 bridgehead atoms. The Morgan fingerprint density at radius 3 is 2.42 bits per heavy atom. The van der Waals surface area contributed by atoms with Gasteiger partial charge in [-0.2, -0.15) is 0 Å². The van der Waals surface area contributed by atoms with Crippen LogP contribution in [0.5, 0.6) is 0 Å². The van der Waals surface area contributed by atoms with Crippen molar-refractivity contribution in [3.8, 4) is 0 Å². The second-order valence-corrected chi connectivity index (χ2v) is 2.18. The highest BCUT2D eigenvalue weighted by atomic mass is 16.7. The molecule has 0 N–H and O–H groups in total. The summed E-state index contributed by atoms with van der Waals surface area (Å²) in [5.74, 6) is -0.702. The highest BCUT2D eigenvalue weighted by Crippen LogP contribution is 2.02. The summed E-state index contributed by atoms with van der Waals surface area (Å²) in [6.45, 7) is 0.00949. The van der Waals surface area contributed by atoms with E-state index in [-0.39, 0.29) is 25.3 Å². The van der Waals surface area contributed by atoms with Gasteiger partial charge in [-0.3, -0.25) is 14.5 Å². The molecule has 0 saturated heterocycles. The van der Waals surface area contributed by atoms with Crippen LogP contribution in [0.1, 0.15) is 0 Å². The standard InChI is InChI=1S/C7H9NO4/c1-11-5-12-4-8-6(9)2-3-7(8)10/h2-3H,4-5H2,1H3. The van der Waals surface area contributed by atoms with Crippen molar-refractivity contribution in [1.82, 2.24) is 4.90 Å². The van der Waals surface area contributed by atoms with Gasteiger partial charge in [-0.25, -0.2) is 0 Å². The quantitative estimate of drug-likeness (QED) is 0.325. The highest BCUT2D eigenvalue weighted by Gasteiger charge is 2.22. The Morgan fingerprint density at radius 1 is 1.33 bits per heavy atom. The predicted octanol–water partition coefficient (Wildman–Crippen LogP) is -0.511. The molecule has 0 spiro atoms. The van der Waals surface area contributed by atoms with Gasteiger partial charge in [0.05, 0.1) is 0 Å². The smallest absolute Gasteiger partial charge is 0.255 e. The summed E-state index contributed by atoms with van der Waals surface area (Å²) in [5, 5.41) is 0. The molecule has 0 unspecified atom stereocenters. The fourth-order valence-electron chi connectivity index (χ4n) is 0.770. The minimum atomic E-state index is -0.351. The molecule has 1 heterocycles. The molecule has 0 aliphatic carbocycles. The van der Waals surface area contributed by atoms with Crippen LogP contribution in [0, 0.1) is 0 Å². The molecule has 2 amide bonds. The zero-order valence-electron chi connectivity index (χ0n) is 6.65. The number of imide groups is 1. The van der Waals surface area contributed by atoms with E-state index in [2.05, 4.69) is 4.74 Å². The van der Waals surface area contributed by atoms with Gasteiger partial charge in [-0.1, -0.05) is 0 Å². The van der Waals surface area contributed by atoms with Gasteiger partial charge >= 0.3 is 0 Å². The summed E-state index contributed by atoms with van der Waals surface area (Å²) in [6.07, 6.45) is 2.41. The first-order chi connectivity index (χ1) is 5.75. The minimum Gasteiger partial charge on any atom is -0.359 e. The molecule has 0 aromatic rings. The van der Waals surface area contributed by atoms with E-state index in [1.165, 1.54) is 19.3 Å². The first-order valence-corrected chi connectivity index (χ1v) is 3.36. The molecular formula is C7H9NO4. The summed E-state index contributed by atoms with van der Waals surface area (Å²) in [4.78, 5) is 22.7. The van der Waals surface area contributed by atoms with Crippen LogP contribution in [0.15, 0.2) is 12.2 Å². The van der Waals surface area contributed by atoms with Gasteiger partial charge in [0.1, 0.15) is 13.5 Å². The van der Waals surface area contributed by atoms with E-state index in [1.54, 1.807) is 0 Å². The summed E-state index contributed by atoms with van der Waals surface area (Å²) in [5.41, 5.74) is 0. The van der Waals surface area contributed by atoms with Gasteiger partial charge < -0.3 is 9.47 Å². The lowest BCUT2D eigenvalue weighted by atomic mass is 10.6. The van der Waals surface area contributed by atoms with Crippen molar-refractivity contribution >= 4 is 11.8 Å². The Bertz CT molecular complexity index is 205. The molecule has 66 valence electrons. The van der Waals surface area contributed by atoms with E-state index in [9.17, 15) is 9.59 Å². The number of nitrogens with zero attached hydrogens (tertiary/aromatic N) is 1. The second-order valence-electron chi connectivity index (χ2n) is 2.18. The van der Waals surface area contributed by atoms with Crippen molar-refractivity contribution in [1.29, 1.82) is 0 Å². The third-order valence-corrected chi connectivity index (χ3v) is 1.32. The lowest BCUT2D eigenvalue weighted by molar-refractivity contribution is -0.147. The van der Waals surface area contributed by atoms with Crippen molar-refractivity contribution in [2.45, 2.75) is 0 Å². The summed E-state index contributed by atoms with van der Waals surface area (Å²) in [6, 6.07) is 0. The predicted molar refractivity (Wildman–Crippen MR) is 38.8 cm³/mol. The number of carbonyl (C=O) groups is 2. The van der Waals surface area contributed by atoms with Gasteiger partial charge in [0, 0.05) is 19.3 Å². The van der Waals surface area contributed by atoms with Crippen LogP contribution in [-0.4, -0.2) is 37.3 Å². The molecule has 0 aromatic heterocycles. The monoisotopic (exact) mass is 171 g/mol. The zero-order valence-corrected chi connectivity index (χ0v) is 6.65. The van der Waals surface area contributed by atoms with Crippen LogP contribution < -0.4 is 0 Å². The summed E-state index contributed by atoms with van der Waals surface area (Å²) >= 11 is 0. The Labute approximate surface area is 69.5 Å². The summed E-state index contributed by atoms with van der Waals surface area (Å²) < 4.78 is 9.41. The third kappa shape index (κ3) is 1.90. The summed E-state index contributed by atoms with van der Waals surface area (Å²) in [7, 11) is 1.46. The molecule has 0 saturated carbocycles. The fourth-order valence-corrected chi connectivity index (χ4v) is 0.770. The second kappa shape index (κ2) is 3.99. The molecular weight excluding hydrogens is 162 g/mol. The number of methoxy groups -OCH3 is 1. The molecule has 0 fully saturated rings. The van der Waals surface area contributed by atoms with Gasteiger partial charge in [0.15, 0.2) is 0 Å². The van der Waals surface area contributed by atoms with Crippen LogP contribution in [0.3, 0.4) is 0 Å². The maximum atomic E-state index is 10.9. The first-order valence-electron chi connectivity index (χ1n) is 3.36. The Morgan fingerprint density at radius 2 is 1.92 bits per heavy atom. The number of amides is 2. The Balaban J connectivity index is 2.33. The van der Waals surface area contributed by atoms with Crippen molar-refractivity contribution < 1.29 is 19.1 Å². The normalized spacial score (nSPS) is 16.2. The largest absolute Gasteiger partial charge is 0.359 e. The molecule has 5 nitrogen and oxygen atoms in total. The number of carbonyl (C=O) groups excluding carboxylic acids is 2. The fraction of sp³-hybridized carbons (Fsp3) is 0.429. The SMILES string of the molecule is COCOCN1C(=O)C=CC1=O. The average molecular weight is 171 g/mol. The van der Waals surface area contributed by atoms with Gasteiger partial charge in [-0.15, -0.1) is 0 Å². The maximum absolute atomic E-state index is 10.9. The molecule has 12 heavy (non-hydrogen) atoms. The van der Waals surface area contributed by atoms with Crippen molar-refractivity contribution in [3.63, 3.8) is 0 Å². The molecule has 0 aromatic carbocycles. The van der Waals surface area contributed by atoms with Crippen molar-refractivity contribution in [2.75, 3.05) is 20.6 Å². The molecule has 0 radical (unpaired) electrons. The van der Waals surface area contributed by atoms with E-state index in [0.717, 1.165) is 4.90 Å². The number of hydrogen-bond donors (Lipinski definition) is 0. The topological polar surface area (TPSA) is 55.8 Å². The lowest BCUT2D eigenvalue weighted by Gasteiger charge is -2.12. The van der Waals surface area contributed by atoms with Crippen LogP contribution in [0.25, 0.3) is 0 Å². The maximum Gasteiger partial charge on any atom is 0.255 e. The van der Waals surface area contributed by atoms with E-state index >= 15 is 0 Å². The molecule has 1 aliphatic rings. The van der Waals surface area contributed by atoms with Crippen LogP contribution >= 0.6 is 0 Å². The van der Waals surface area contributed by atoms with Crippen LogP contribution in [0.4, 0.5) is 0 Å². The molecule has 1 rings (SSSR count). The average Bonchev–Trinajstić information content (AvgIpc) is 2.35. The van der Waals surface area contributed by atoms with E-state index < -0.39 is 0 Å². The Hall–Kier alpha value is -1.20. The number of hydrogen-bond acceptors (Lipinski definition) is 4. The van der Waals surface area contributed by atoms with Gasteiger partial charge in [0.2, 0.25) is 0 Å². The molecule has 5 heteroatoms. The van der Waals surface area contributed by atoms with E-state index in [1.807, 2.05) is 0 Å². The van der Waals surface area contributed by atoms with Gasteiger partial charge in [-0.05, 0) is 0 Å². The highest BCUT2D eigenvalue weighted by molar-refractivity contribution is 6.12. The van der Waals surface area contributed by atoms with E-state index in [4.69, 9.17) is 4.74 Å². The Kier molecular flexibility index (Phi) is 2.95. The van der Waals surface area contributed by atoms with Crippen molar-refractivity contribution in [2.24, 2.45) is 0 Å². The zero-order chi connectivity index (χ0) is 8.97. The van der Waals surface area contributed by atoms with Gasteiger partial charge in [0.25, 0.3) is 11.8 Å².